The molecule has 92 valence electrons. The van der Waals surface area contributed by atoms with Crippen molar-refractivity contribution in [1.82, 2.24) is 5.32 Å². The molecular weight excluding hydrogens is 240 g/mol. The highest BCUT2D eigenvalue weighted by molar-refractivity contribution is 7.19. The first-order valence-corrected chi connectivity index (χ1v) is 7.07. The molecule has 0 aliphatic carbocycles. The predicted octanol–water partition coefficient (Wildman–Crippen LogP) is 4.04. The van der Waals surface area contributed by atoms with Gasteiger partial charge in [-0.2, -0.15) is 0 Å². The van der Waals surface area contributed by atoms with Gasteiger partial charge in [-0.1, -0.05) is 25.1 Å². The molecule has 0 saturated heterocycles. The zero-order valence-corrected chi connectivity index (χ0v) is 11.4. The molecule has 1 aromatic carbocycles. The quantitative estimate of drug-likeness (QED) is 0.861. The lowest BCUT2D eigenvalue weighted by molar-refractivity contribution is 0.746. The Labute approximate surface area is 111 Å². The van der Waals surface area contributed by atoms with Gasteiger partial charge in [0.05, 0.1) is 12.4 Å². The molecule has 0 saturated carbocycles. The zero-order chi connectivity index (χ0) is 12.5. The summed E-state index contributed by atoms with van der Waals surface area (Å²) in [5.41, 5.74) is 2.75. The average Bonchev–Trinajstić information content (AvgIpc) is 2.77. The molecule has 1 aliphatic heterocycles. The minimum atomic E-state index is 0.287. The van der Waals surface area contributed by atoms with Crippen molar-refractivity contribution in [3.8, 4) is 0 Å². The molecule has 2 aromatic rings. The number of nitrogens with zero attached hydrogens (tertiary/aromatic N) is 1. The van der Waals surface area contributed by atoms with Crippen LogP contribution in [-0.4, -0.2) is 6.34 Å². The number of hydrogen-bond donors (Lipinski definition) is 1. The van der Waals surface area contributed by atoms with Crippen LogP contribution >= 0.6 is 11.3 Å². The van der Waals surface area contributed by atoms with Gasteiger partial charge in [-0.25, -0.2) is 4.99 Å². The number of nitrogens with one attached hydrogen (secondary N) is 1. The van der Waals surface area contributed by atoms with E-state index in [0.29, 0.717) is 0 Å². The molecule has 1 atom stereocenters. The number of thiophene rings is 1. The summed E-state index contributed by atoms with van der Waals surface area (Å²) in [6.45, 7) is 4.37. The third-order valence-corrected chi connectivity index (χ3v) is 4.67. The summed E-state index contributed by atoms with van der Waals surface area (Å²) in [6, 6.07) is 8.95. The summed E-state index contributed by atoms with van der Waals surface area (Å²) in [7, 11) is 0. The Bertz CT molecular complexity index is 637. The van der Waals surface area contributed by atoms with Gasteiger partial charge >= 0.3 is 0 Å². The lowest BCUT2D eigenvalue weighted by Crippen LogP contribution is -2.23. The van der Waals surface area contributed by atoms with Crippen molar-refractivity contribution in [1.29, 1.82) is 0 Å². The van der Waals surface area contributed by atoms with Gasteiger partial charge in [0, 0.05) is 15.8 Å². The van der Waals surface area contributed by atoms with E-state index >= 15 is 0 Å². The van der Waals surface area contributed by atoms with E-state index in [9.17, 15) is 0 Å². The van der Waals surface area contributed by atoms with Crippen LogP contribution in [0, 0.1) is 0 Å². The van der Waals surface area contributed by atoms with Gasteiger partial charge in [0.2, 0.25) is 0 Å². The van der Waals surface area contributed by atoms with Gasteiger partial charge < -0.3 is 5.32 Å². The number of benzene rings is 1. The molecule has 1 aromatic heterocycles. The lowest BCUT2D eigenvalue weighted by atomic mass is 10.0. The molecule has 0 fully saturated rings. The van der Waals surface area contributed by atoms with Crippen molar-refractivity contribution >= 4 is 27.8 Å². The van der Waals surface area contributed by atoms with Gasteiger partial charge in [-0.15, -0.1) is 11.3 Å². The Kier molecular flexibility index (Phi) is 2.92. The minimum Gasteiger partial charge on any atom is -0.365 e. The van der Waals surface area contributed by atoms with Gasteiger partial charge in [0.15, 0.2) is 0 Å². The van der Waals surface area contributed by atoms with Crippen molar-refractivity contribution < 1.29 is 0 Å². The van der Waals surface area contributed by atoms with Gasteiger partial charge in [-0.3, -0.25) is 0 Å². The normalized spacial score (nSPS) is 18.8. The lowest BCUT2D eigenvalue weighted by Gasteiger charge is -2.20. The summed E-state index contributed by atoms with van der Waals surface area (Å²) in [6.07, 6.45) is 4.81. The number of aliphatic imine (C=N–C) groups is 1. The number of rotatable bonds is 2. The molecule has 0 spiro atoms. The van der Waals surface area contributed by atoms with E-state index in [1.807, 2.05) is 17.5 Å². The monoisotopic (exact) mass is 256 g/mol. The van der Waals surface area contributed by atoms with Crippen LogP contribution < -0.4 is 5.32 Å². The average molecular weight is 256 g/mol. The molecule has 3 rings (SSSR count). The molecule has 0 amide bonds. The second-order valence-electron chi connectivity index (χ2n) is 4.55. The van der Waals surface area contributed by atoms with Crippen LogP contribution in [0.15, 0.2) is 41.0 Å². The third kappa shape index (κ3) is 1.75. The van der Waals surface area contributed by atoms with Crippen molar-refractivity contribution in [3.63, 3.8) is 0 Å². The highest BCUT2D eigenvalue weighted by atomic mass is 32.1. The fourth-order valence-corrected chi connectivity index (χ4v) is 3.91. The summed E-state index contributed by atoms with van der Waals surface area (Å²) in [4.78, 5) is 5.58. The maximum Gasteiger partial charge on any atom is 0.0886 e. The molecule has 0 radical (unpaired) electrons. The maximum atomic E-state index is 4.15. The maximum absolute atomic E-state index is 4.15. The Morgan fingerprint density at radius 3 is 2.94 bits per heavy atom. The predicted molar refractivity (Wildman–Crippen MR) is 79.3 cm³/mol. The van der Waals surface area contributed by atoms with E-state index in [1.54, 1.807) is 6.34 Å². The highest BCUT2D eigenvalue weighted by Crippen LogP contribution is 2.38. The van der Waals surface area contributed by atoms with Crippen LogP contribution in [0.5, 0.6) is 0 Å². The second-order valence-corrected chi connectivity index (χ2v) is 5.63. The summed E-state index contributed by atoms with van der Waals surface area (Å²) >= 11 is 1.89. The van der Waals surface area contributed by atoms with Crippen LogP contribution in [0.4, 0.5) is 0 Å². The molecule has 0 bridgehead atoms. The first kappa shape index (κ1) is 11.5. The molecule has 2 nitrogen and oxygen atoms in total. The summed E-state index contributed by atoms with van der Waals surface area (Å²) in [5, 5.41) is 4.77. The minimum absolute atomic E-state index is 0.287. The van der Waals surface area contributed by atoms with E-state index in [0.717, 1.165) is 6.42 Å². The summed E-state index contributed by atoms with van der Waals surface area (Å²) < 4.78 is 1.38. The largest absolute Gasteiger partial charge is 0.365 e. The fourth-order valence-electron chi connectivity index (χ4n) is 2.48. The van der Waals surface area contributed by atoms with Gasteiger partial charge in [0.25, 0.3) is 0 Å². The van der Waals surface area contributed by atoms with Crippen molar-refractivity contribution in [3.05, 3.63) is 46.5 Å². The first-order chi connectivity index (χ1) is 8.81. The van der Waals surface area contributed by atoms with Crippen molar-refractivity contribution in [2.45, 2.75) is 26.3 Å². The van der Waals surface area contributed by atoms with Gasteiger partial charge in [-0.05, 0) is 35.9 Å². The van der Waals surface area contributed by atoms with Crippen molar-refractivity contribution in [2.24, 2.45) is 4.99 Å². The topological polar surface area (TPSA) is 24.4 Å². The molecular formula is C15H16N2S. The van der Waals surface area contributed by atoms with E-state index in [-0.39, 0.29) is 6.04 Å². The number of fused-ring (bicyclic) bond motifs is 1. The van der Waals surface area contributed by atoms with E-state index in [2.05, 4.69) is 48.4 Å². The van der Waals surface area contributed by atoms with Crippen LogP contribution in [0.1, 0.15) is 30.3 Å². The first-order valence-electron chi connectivity index (χ1n) is 6.26. The van der Waals surface area contributed by atoms with E-state index in [4.69, 9.17) is 0 Å². The molecule has 3 heteroatoms. The zero-order valence-electron chi connectivity index (χ0n) is 10.6. The third-order valence-electron chi connectivity index (χ3n) is 3.39. The number of aryl methyl sites for hydroxylation is 1. The molecule has 2 heterocycles. The Morgan fingerprint density at radius 1 is 1.33 bits per heavy atom. The smallest absolute Gasteiger partial charge is 0.0886 e. The van der Waals surface area contributed by atoms with E-state index in [1.165, 1.54) is 26.1 Å². The van der Waals surface area contributed by atoms with Crippen molar-refractivity contribution in [2.75, 3.05) is 0 Å². The SMILES string of the molecule is CCc1c(C2NC=NC=C2C)sc2ccccc12. The second kappa shape index (κ2) is 4.58. The van der Waals surface area contributed by atoms with Crippen LogP contribution in [-0.2, 0) is 6.42 Å². The van der Waals surface area contributed by atoms with E-state index < -0.39 is 0 Å². The Hall–Kier alpha value is -1.61. The highest BCUT2D eigenvalue weighted by Gasteiger charge is 2.21. The van der Waals surface area contributed by atoms with Gasteiger partial charge in [0.1, 0.15) is 0 Å². The van der Waals surface area contributed by atoms with Crippen LogP contribution in [0.2, 0.25) is 0 Å². The molecule has 18 heavy (non-hydrogen) atoms. The molecule has 1 aliphatic rings. The summed E-state index contributed by atoms with van der Waals surface area (Å²) in [5.74, 6) is 0. The van der Waals surface area contributed by atoms with Crippen LogP contribution in [0.3, 0.4) is 0 Å². The molecule has 1 N–H and O–H groups in total. The fraction of sp³-hybridized carbons (Fsp3) is 0.267. The Balaban J connectivity index is 2.17. The standard InChI is InChI=1S/C15H16N2S/c1-3-11-12-6-4-5-7-13(12)18-15(11)14-10(2)8-16-9-17-14/h4-9,14H,3H2,1-2H3,(H,16,17). The number of hydrogen-bond acceptors (Lipinski definition) is 3. The molecule has 1 unspecified atom stereocenters. The Morgan fingerprint density at radius 2 is 2.17 bits per heavy atom. The van der Waals surface area contributed by atoms with Crippen LogP contribution in [0.25, 0.3) is 10.1 Å².